The number of anilines is 3. The zero-order chi connectivity index (χ0) is 26.1. The van der Waals surface area contributed by atoms with Crippen LogP contribution in [0, 0.1) is 0 Å². The number of nitrogens with one attached hydrogen (secondary N) is 2. The Kier molecular flexibility index (Phi) is 5.93. The largest absolute Gasteiger partial charge is 0.339 e. The number of pyridine rings is 1. The molecule has 0 amide bonds. The molecule has 3 heterocycles. The molecule has 10 heteroatoms. The van der Waals surface area contributed by atoms with Crippen LogP contribution in [-0.2, 0) is 23.0 Å². The Labute approximate surface area is 218 Å². The van der Waals surface area contributed by atoms with Gasteiger partial charge in [-0.2, -0.15) is 5.10 Å². The molecule has 38 heavy (non-hydrogen) atoms. The molecule has 0 atom stereocenters. The van der Waals surface area contributed by atoms with Crippen molar-refractivity contribution in [3.8, 4) is 0 Å². The second kappa shape index (κ2) is 9.56. The summed E-state index contributed by atoms with van der Waals surface area (Å²) in [5, 5.41) is 12.7. The van der Waals surface area contributed by atoms with E-state index in [1.807, 2.05) is 36.5 Å². The zero-order valence-corrected chi connectivity index (χ0v) is 21.1. The number of aromatic nitrogens is 5. The van der Waals surface area contributed by atoms with Gasteiger partial charge in [0.15, 0.2) is 0 Å². The van der Waals surface area contributed by atoms with Crippen molar-refractivity contribution >= 4 is 59.9 Å². The molecule has 0 bridgehead atoms. The lowest BCUT2D eigenvalue weighted by Crippen LogP contribution is -2.09. The molecule has 0 aliphatic heterocycles. The maximum absolute atomic E-state index is 12.0. The van der Waals surface area contributed by atoms with Crippen LogP contribution in [0.25, 0.3) is 32.6 Å². The van der Waals surface area contributed by atoms with Crippen LogP contribution in [-0.4, -0.2) is 33.2 Å². The average molecular weight is 522 g/mol. The molecule has 0 aliphatic carbocycles. The summed E-state index contributed by atoms with van der Waals surface area (Å²) < 4.78 is 28.3. The number of sulfonamides is 1. The van der Waals surface area contributed by atoms with Crippen molar-refractivity contribution < 1.29 is 8.42 Å². The lowest BCUT2D eigenvalue weighted by atomic mass is 10.0. The maximum Gasteiger partial charge on any atom is 0.255 e. The summed E-state index contributed by atoms with van der Waals surface area (Å²) >= 11 is 0. The molecule has 6 rings (SSSR count). The highest BCUT2D eigenvalue weighted by atomic mass is 32.2. The smallest absolute Gasteiger partial charge is 0.255 e. The third-order valence-electron chi connectivity index (χ3n) is 6.34. The third kappa shape index (κ3) is 4.53. The van der Waals surface area contributed by atoms with E-state index in [2.05, 4.69) is 66.6 Å². The standard InChI is InChI=1S/C28H23N7O2S/c1-2-38(36,37)34-26-15-23-25(17-29-26)30-18-31-28(23)33-24-14-20-16-32-35(13-12-19-8-4-3-5-9-19)27(20)22-11-7-6-10-21(22)24/h2-11,14-18H,1,12-13H2,(H,29,34)(H,30,31,33). The van der Waals surface area contributed by atoms with Crippen LogP contribution in [0.1, 0.15) is 5.56 Å². The van der Waals surface area contributed by atoms with Crippen LogP contribution in [0.15, 0.2) is 97.4 Å². The van der Waals surface area contributed by atoms with Crippen LogP contribution in [0.5, 0.6) is 0 Å². The van der Waals surface area contributed by atoms with Gasteiger partial charge in [-0.3, -0.25) is 9.40 Å². The highest BCUT2D eigenvalue weighted by Gasteiger charge is 2.14. The molecule has 188 valence electrons. The molecule has 9 nitrogen and oxygen atoms in total. The molecule has 0 saturated heterocycles. The first-order valence-corrected chi connectivity index (χ1v) is 13.5. The monoisotopic (exact) mass is 521 g/mol. The minimum atomic E-state index is -3.71. The number of hydrogen-bond acceptors (Lipinski definition) is 7. The quantitative estimate of drug-likeness (QED) is 0.276. The van der Waals surface area contributed by atoms with Gasteiger partial charge in [0.25, 0.3) is 10.0 Å². The molecule has 0 fully saturated rings. The van der Waals surface area contributed by atoms with Crippen molar-refractivity contribution in [1.29, 1.82) is 0 Å². The van der Waals surface area contributed by atoms with E-state index in [1.165, 1.54) is 18.1 Å². The molecule has 0 spiro atoms. The van der Waals surface area contributed by atoms with Gasteiger partial charge in [-0.05, 0) is 24.1 Å². The molecule has 0 saturated carbocycles. The molecule has 0 radical (unpaired) electrons. The summed E-state index contributed by atoms with van der Waals surface area (Å²) in [6.07, 6.45) is 5.70. The van der Waals surface area contributed by atoms with Gasteiger partial charge in [0.05, 0.1) is 23.4 Å². The van der Waals surface area contributed by atoms with E-state index in [-0.39, 0.29) is 5.82 Å². The van der Waals surface area contributed by atoms with E-state index in [4.69, 9.17) is 5.10 Å². The Morgan fingerprint density at radius 3 is 2.50 bits per heavy atom. The van der Waals surface area contributed by atoms with Crippen LogP contribution < -0.4 is 10.0 Å². The predicted molar refractivity (Wildman–Crippen MR) is 151 cm³/mol. The Hall–Kier alpha value is -4.83. The Morgan fingerprint density at radius 1 is 0.895 bits per heavy atom. The van der Waals surface area contributed by atoms with Crippen molar-refractivity contribution in [2.24, 2.45) is 0 Å². The minimum absolute atomic E-state index is 0.148. The normalized spacial score (nSPS) is 11.7. The summed E-state index contributed by atoms with van der Waals surface area (Å²) in [7, 11) is -3.71. The first-order valence-electron chi connectivity index (χ1n) is 11.9. The summed E-state index contributed by atoms with van der Waals surface area (Å²) in [6.45, 7) is 4.09. The first kappa shape index (κ1) is 23.6. The molecule has 3 aromatic carbocycles. The van der Waals surface area contributed by atoms with Crippen LogP contribution >= 0.6 is 0 Å². The average Bonchev–Trinajstić information content (AvgIpc) is 3.35. The third-order valence-corrected chi connectivity index (χ3v) is 7.27. The van der Waals surface area contributed by atoms with Gasteiger partial charge in [0, 0.05) is 39.2 Å². The van der Waals surface area contributed by atoms with Crippen molar-refractivity contribution in [1.82, 2.24) is 24.7 Å². The van der Waals surface area contributed by atoms with E-state index in [0.29, 0.717) is 16.7 Å². The van der Waals surface area contributed by atoms with Gasteiger partial charge in [0.1, 0.15) is 18.0 Å². The highest BCUT2D eigenvalue weighted by Crippen LogP contribution is 2.35. The van der Waals surface area contributed by atoms with E-state index < -0.39 is 10.0 Å². The molecule has 3 aromatic heterocycles. The number of rotatable bonds is 8. The van der Waals surface area contributed by atoms with Gasteiger partial charge >= 0.3 is 0 Å². The van der Waals surface area contributed by atoms with E-state index in [9.17, 15) is 8.42 Å². The fourth-order valence-corrected chi connectivity index (χ4v) is 5.03. The van der Waals surface area contributed by atoms with Crippen molar-refractivity contribution in [2.45, 2.75) is 13.0 Å². The van der Waals surface area contributed by atoms with E-state index in [0.717, 1.165) is 45.7 Å². The van der Waals surface area contributed by atoms with E-state index in [1.54, 1.807) is 6.07 Å². The summed E-state index contributed by atoms with van der Waals surface area (Å²) in [5.74, 6) is 0.674. The molecular weight excluding hydrogens is 498 g/mol. The van der Waals surface area contributed by atoms with Crippen molar-refractivity contribution in [3.63, 3.8) is 0 Å². The van der Waals surface area contributed by atoms with E-state index >= 15 is 0 Å². The molecular formula is C28H23N7O2S. The summed E-state index contributed by atoms with van der Waals surface area (Å²) in [5.41, 5.74) is 3.75. The van der Waals surface area contributed by atoms with Gasteiger partial charge in [0.2, 0.25) is 0 Å². The number of aryl methyl sites for hydroxylation is 2. The Bertz CT molecular complexity index is 1920. The topological polar surface area (TPSA) is 115 Å². The predicted octanol–water partition coefficient (Wildman–Crippen LogP) is 5.40. The summed E-state index contributed by atoms with van der Waals surface area (Å²) in [6, 6.07) is 22.2. The fourth-order valence-electron chi connectivity index (χ4n) is 4.54. The van der Waals surface area contributed by atoms with Crippen LogP contribution in [0.4, 0.5) is 17.3 Å². The molecule has 0 unspecified atom stereocenters. The SMILES string of the molecule is C=CS(=O)(=O)Nc1cc2c(Nc3cc4cnn(CCc5ccccc5)c4c4ccccc34)ncnc2cn1. The van der Waals surface area contributed by atoms with Crippen LogP contribution in [0.2, 0.25) is 0 Å². The maximum atomic E-state index is 12.0. The second-order valence-corrected chi connectivity index (χ2v) is 10.4. The minimum Gasteiger partial charge on any atom is -0.339 e. The molecule has 2 N–H and O–H groups in total. The van der Waals surface area contributed by atoms with Gasteiger partial charge in [-0.25, -0.2) is 23.4 Å². The number of nitrogens with zero attached hydrogens (tertiary/aromatic N) is 5. The lowest BCUT2D eigenvalue weighted by Gasteiger charge is -2.14. The second-order valence-electron chi connectivity index (χ2n) is 8.76. The summed E-state index contributed by atoms with van der Waals surface area (Å²) in [4.78, 5) is 12.9. The Balaban J connectivity index is 1.41. The number of fused-ring (bicyclic) bond motifs is 4. The van der Waals surface area contributed by atoms with Gasteiger partial charge in [-0.15, -0.1) is 0 Å². The van der Waals surface area contributed by atoms with Crippen LogP contribution in [0.3, 0.4) is 0 Å². The molecule has 6 aromatic rings. The van der Waals surface area contributed by atoms with Crippen molar-refractivity contribution in [3.05, 3.63) is 103 Å². The number of hydrogen-bond donors (Lipinski definition) is 2. The zero-order valence-electron chi connectivity index (χ0n) is 20.2. The first-order chi connectivity index (χ1) is 18.5. The highest BCUT2D eigenvalue weighted by molar-refractivity contribution is 7.95. The number of benzene rings is 3. The Morgan fingerprint density at radius 2 is 1.68 bits per heavy atom. The van der Waals surface area contributed by atoms with Gasteiger partial charge in [-0.1, -0.05) is 61.2 Å². The lowest BCUT2D eigenvalue weighted by molar-refractivity contribution is 0.609. The fraction of sp³-hybridized carbons (Fsp3) is 0.0714. The van der Waals surface area contributed by atoms with Gasteiger partial charge < -0.3 is 5.32 Å². The molecule has 0 aliphatic rings. The van der Waals surface area contributed by atoms with Crippen molar-refractivity contribution in [2.75, 3.05) is 10.0 Å².